The Bertz CT molecular complexity index is 3530. The minimum atomic E-state index is -0.932. The molecule has 1 unspecified atom stereocenters. The van der Waals surface area contributed by atoms with E-state index in [1.807, 2.05) is 47.8 Å². The average molecular weight is 986 g/mol. The molecule has 9 aromatic heterocycles. The van der Waals surface area contributed by atoms with Gasteiger partial charge in [0.1, 0.15) is 57.2 Å². The van der Waals surface area contributed by atoms with E-state index in [0.29, 0.717) is 105 Å². The summed E-state index contributed by atoms with van der Waals surface area (Å²) in [6.07, 6.45) is 12.3. The number of aromatic nitrogens is 9. The van der Waals surface area contributed by atoms with Crippen LogP contribution in [0, 0.1) is 0 Å². The normalized spacial score (nSPS) is 13.8. The fourth-order valence-corrected chi connectivity index (χ4v) is 11.7. The fourth-order valence-electron chi connectivity index (χ4n) is 8.51. The van der Waals surface area contributed by atoms with Crippen LogP contribution in [0.2, 0.25) is 0 Å². The predicted octanol–water partition coefficient (Wildman–Crippen LogP) is 11.5. The Hall–Kier alpha value is -7.07. The SMILES string of the molecule is COc1cc(OC(c2csc(-c3cccnc3)n2)c2c(OC)cc(OCc3csc(C4CCCCC4)n3)c3cc(-c4cn5nc(OC)sc5n4)oc23)c2cc(-c3cn4nc(OC)sc4n3)oc2c1. The Morgan fingerprint density at radius 1 is 0.735 bits per heavy atom. The smallest absolute Gasteiger partial charge is 0.294 e. The van der Waals surface area contributed by atoms with Crippen LogP contribution in [0.25, 0.3) is 65.3 Å². The Balaban J connectivity index is 1.01. The second-order valence-electron chi connectivity index (χ2n) is 16.0. The van der Waals surface area contributed by atoms with Gasteiger partial charge in [-0.25, -0.2) is 29.0 Å². The molecule has 1 atom stereocenters. The van der Waals surface area contributed by atoms with Crippen LogP contribution in [-0.4, -0.2) is 72.6 Å². The van der Waals surface area contributed by atoms with Crippen LogP contribution in [0.15, 0.2) is 86.8 Å². The van der Waals surface area contributed by atoms with E-state index in [1.165, 1.54) is 71.1 Å². The zero-order valence-corrected chi connectivity index (χ0v) is 40.1. The molecule has 0 radical (unpaired) electrons. The number of rotatable bonds is 15. The highest BCUT2D eigenvalue weighted by Crippen LogP contribution is 2.48. The number of benzene rings is 2. The minimum Gasteiger partial charge on any atom is -0.496 e. The van der Waals surface area contributed by atoms with E-state index in [4.69, 9.17) is 57.2 Å². The van der Waals surface area contributed by atoms with Crippen LogP contribution in [0.3, 0.4) is 0 Å². The third kappa shape index (κ3) is 7.73. The molecule has 12 rings (SSSR count). The van der Waals surface area contributed by atoms with Crippen LogP contribution < -0.4 is 28.4 Å². The molecule has 1 saturated carbocycles. The molecule has 344 valence electrons. The second-order valence-corrected chi connectivity index (χ2v) is 19.5. The molecule has 0 N–H and O–H groups in total. The molecule has 68 heavy (non-hydrogen) atoms. The number of hydrogen-bond acceptors (Lipinski definition) is 19. The Morgan fingerprint density at radius 3 is 2.18 bits per heavy atom. The topological polar surface area (TPSA) is 181 Å². The number of nitrogens with zero attached hydrogens (tertiary/aromatic N) is 9. The lowest BCUT2D eigenvalue weighted by atomic mass is 9.90. The van der Waals surface area contributed by atoms with E-state index < -0.39 is 6.10 Å². The lowest BCUT2D eigenvalue weighted by Gasteiger charge is -2.22. The highest BCUT2D eigenvalue weighted by Gasteiger charge is 2.32. The van der Waals surface area contributed by atoms with Gasteiger partial charge in [0.2, 0.25) is 9.92 Å². The molecule has 0 aliphatic heterocycles. The maximum Gasteiger partial charge on any atom is 0.294 e. The maximum atomic E-state index is 7.28. The number of ether oxygens (including phenoxy) is 6. The molecule has 0 saturated heterocycles. The molecule has 9 heterocycles. The molecule has 0 bridgehead atoms. The molecular formula is C47H39N9O8S4. The van der Waals surface area contributed by atoms with Crippen molar-refractivity contribution in [2.45, 2.75) is 50.7 Å². The largest absolute Gasteiger partial charge is 0.496 e. The van der Waals surface area contributed by atoms with Crippen LogP contribution in [0.5, 0.6) is 33.4 Å². The fraction of sp³-hybridized carbons (Fsp3) is 0.255. The van der Waals surface area contributed by atoms with Gasteiger partial charge in [-0.2, -0.15) is 0 Å². The van der Waals surface area contributed by atoms with Crippen molar-refractivity contribution in [1.29, 1.82) is 0 Å². The van der Waals surface area contributed by atoms with Crippen molar-refractivity contribution in [2.24, 2.45) is 0 Å². The molecule has 1 aliphatic carbocycles. The van der Waals surface area contributed by atoms with Crippen molar-refractivity contribution in [3.8, 4) is 66.9 Å². The van der Waals surface area contributed by atoms with Crippen molar-refractivity contribution in [2.75, 3.05) is 28.4 Å². The first kappa shape index (κ1) is 42.3. The molecule has 11 aromatic rings. The van der Waals surface area contributed by atoms with Crippen molar-refractivity contribution < 1.29 is 37.3 Å². The van der Waals surface area contributed by atoms with E-state index in [1.54, 1.807) is 73.6 Å². The van der Waals surface area contributed by atoms with Gasteiger partial charge in [0.25, 0.3) is 10.4 Å². The first-order valence-corrected chi connectivity index (χ1v) is 25.0. The minimum absolute atomic E-state index is 0.245. The summed E-state index contributed by atoms with van der Waals surface area (Å²) in [7, 11) is 6.37. The average Bonchev–Trinajstić information content (AvgIpc) is 4.22. The number of fused-ring (bicyclic) bond motifs is 4. The van der Waals surface area contributed by atoms with Gasteiger partial charge >= 0.3 is 0 Å². The molecule has 0 spiro atoms. The zero-order chi connectivity index (χ0) is 45.9. The first-order valence-electron chi connectivity index (χ1n) is 21.6. The molecule has 21 heteroatoms. The van der Waals surface area contributed by atoms with E-state index in [0.717, 1.165) is 16.3 Å². The molecule has 17 nitrogen and oxygen atoms in total. The van der Waals surface area contributed by atoms with Crippen molar-refractivity contribution in [1.82, 2.24) is 44.1 Å². The monoisotopic (exact) mass is 985 g/mol. The number of furan rings is 2. The quantitative estimate of drug-likeness (QED) is 0.0945. The van der Waals surface area contributed by atoms with E-state index in [9.17, 15) is 0 Å². The number of pyridine rings is 1. The van der Waals surface area contributed by atoms with Gasteiger partial charge in [0.15, 0.2) is 17.6 Å². The molecule has 1 aliphatic rings. The Morgan fingerprint density at radius 2 is 1.49 bits per heavy atom. The number of imidazole rings is 2. The lowest BCUT2D eigenvalue weighted by molar-refractivity contribution is 0.238. The summed E-state index contributed by atoms with van der Waals surface area (Å²) in [6.45, 7) is 0.245. The second kappa shape index (κ2) is 17.5. The van der Waals surface area contributed by atoms with Crippen LogP contribution in [-0.2, 0) is 6.61 Å². The van der Waals surface area contributed by atoms with Gasteiger partial charge in [-0.15, -0.1) is 32.9 Å². The van der Waals surface area contributed by atoms with Gasteiger partial charge < -0.3 is 37.3 Å². The third-order valence-corrected chi connectivity index (χ3v) is 15.5. The van der Waals surface area contributed by atoms with Crippen LogP contribution in [0.4, 0.5) is 0 Å². The number of hydrogen-bond donors (Lipinski definition) is 0. The van der Waals surface area contributed by atoms with Crippen molar-refractivity contribution >= 4 is 77.2 Å². The van der Waals surface area contributed by atoms with Crippen molar-refractivity contribution in [3.63, 3.8) is 0 Å². The summed E-state index contributed by atoms with van der Waals surface area (Å²) in [4.78, 5) is 25.5. The summed E-state index contributed by atoms with van der Waals surface area (Å²) >= 11 is 5.83. The summed E-state index contributed by atoms with van der Waals surface area (Å²) in [5.74, 6) is 3.42. The summed E-state index contributed by atoms with van der Waals surface area (Å²) in [5.41, 5.74) is 4.99. The zero-order valence-electron chi connectivity index (χ0n) is 36.8. The molecular weight excluding hydrogens is 947 g/mol. The van der Waals surface area contributed by atoms with Gasteiger partial charge in [0, 0.05) is 52.8 Å². The Labute approximate surface area is 402 Å². The van der Waals surface area contributed by atoms with E-state index in [2.05, 4.69) is 20.6 Å². The van der Waals surface area contributed by atoms with Crippen LogP contribution >= 0.6 is 45.3 Å². The summed E-state index contributed by atoms with van der Waals surface area (Å²) in [5, 5.41) is 17.3. The third-order valence-electron chi connectivity index (χ3n) is 11.8. The first-order chi connectivity index (χ1) is 33.4. The van der Waals surface area contributed by atoms with Gasteiger partial charge in [-0.05, 0) is 59.8 Å². The Kier molecular flexibility index (Phi) is 10.9. The standard InChI is InChI=1S/C47H39N9O8S4/c1-57-27-13-34-28(15-36(62-34)30-19-55-44(51-30)67-46(53-55)59-3)35(14-27)63-41(32-23-66-43(50-32)25-11-8-12-48-18-25)39-38(58-2)17-33(61-21-26-22-65-42(49-26)24-9-6-5-7-10-24)29-16-37(64-40(29)39)31-20-56-45(52-31)68-47(54-56)60-4/h8,11-20,22-24,41H,5-7,9-10,21H2,1-4H3. The number of methoxy groups -OCH3 is 4. The predicted molar refractivity (Wildman–Crippen MR) is 258 cm³/mol. The van der Waals surface area contributed by atoms with Gasteiger partial charge in [-0.3, -0.25) is 4.98 Å². The van der Waals surface area contributed by atoms with Crippen molar-refractivity contribution in [3.05, 3.63) is 100.0 Å². The lowest BCUT2D eigenvalue weighted by Crippen LogP contribution is -2.13. The highest BCUT2D eigenvalue weighted by atomic mass is 32.1. The van der Waals surface area contributed by atoms with Gasteiger partial charge in [0.05, 0.1) is 73.6 Å². The summed E-state index contributed by atoms with van der Waals surface area (Å²) < 4.78 is 53.5. The van der Waals surface area contributed by atoms with Crippen LogP contribution in [0.1, 0.15) is 66.1 Å². The maximum absolute atomic E-state index is 7.28. The molecule has 1 fully saturated rings. The van der Waals surface area contributed by atoms with E-state index >= 15 is 0 Å². The van der Waals surface area contributed by atoms with Gasteiger partial charge in [-0.1, -0.05) is 19.3 Å². The molecule has 2 aromatic carbocycles. The summed E-state index contributed by atoms with van der Waals surface area (Å²) in [6, 6.07) is 13.2. The van der Waals surface area contributed by atoms with E-state index in [-0.39, 0.29) is 6.61 Å². The highest BCUT2D eigenvalue weighted by molar-refractivity contribution is 7.18. The molecule has 0 amide bonds. The number of thiazole rings is 2.